The lowest BCUT2D eigenvalue weighted by molar-refractivity contribution is 0.347. The summed E-state index contributed by atoms with van der Waals surface area (Å²) in [5, 5.41) is 0.698. The Morgan fingerprint density at radius 3 is 2.83 bits per heavy atom. The van der Waals surface area contributed by atoms with E-state index in [1.807, 2.05) is 25.1 Å². The molecule has 0 fully saturated rings. The zero-order valence-corrected chi connectivity index (χ0v) is 12.3. The lowest BCUT2D eigenvalue weighted by Gasteiger charge is -2.15. The smallest absolute Gasteiger partial charge is 0.124 e. The molecule has 0 aliphatic rings. The molecule has 1 aromatic carbocycles. The molecule has 0 radical (unpaired) electrons. The second-order valence-corrected chi connectivity index (χ2v) is 4.96. The maximum atomic E-state index is 6.20. The zero-order chi connectivity index (χ0) is 13.5. The highest BCUT2D eigenvalue weighted by molar-refractivity contribution is 6.31. The molecule has 0 saturated heterocycles. The van der Waals surface area contributed by atoms with Crippen LogP contribution in [0.25, 0.3) is 0 Å². The fourth-order valence-corrected chi connectivity index (χ4v) is 1.81. The standard InChI is InChI=1S/C14H19Cl2NO/c1-3-11(17)7-12-13(16)5-4-6-14(12)18-9-10(2)8-15/h4-6,8,11H,3,7,9,17H2,1-2H3/b10-8+. The molecule has 0 aromatic heterocycles. The molecule has 0 spiro atoms. The number of hydrogen-bond donors (Lipinski definition) is 1. The second kappa shape index (κ2) is 7.67. The molecular weight excluding hydrogens is 269 g/mol. The van der Waals surface area contributed by atoms with E-state index in [0.717, 1.165) is 29.7 Å². The number of nitrogens with two attached hydrogens (primary N) is 1. The third-order valence-electron chi connectivity index (χ3n) is 2.71. The molecule has 1 rings (SSSR count). The third-order valence-corrected chi connectivity index (χ3v) is 3.43. The van der Waals surface area contributed by atoms with Gasteiger partial charge in [-0.25, -0.2) is 0 Å². The summed E-state index contributed by atoms with van der Waals surface area (Å²) >= 11 is 11.8. The van der Waals surface area contributed by atoms with E-state index >= 15 is 0 Å². The first-order chi connectivity index (χ1) is 8.58. The van der Waals surface area contributed by atoms with Gasteiger partial charge in [0.15, 0.2) is 0 Å². The van der Waals surface area contributed by atoms with Crippen molar-refractivity contribution in [1.82, 2.24) is 0 Å². The van der Waals surface area contributed by atoms with Crippen molar-refractivity contribution in [3.63, 3.8) is 0 Å². The van der Waals surface area contributed by atoms with Gasteiger partial charge in [0.05, 0.1) is 0 Å². The van der Waals surface area contributed by atoms with Crippen LogP contribution in [0, 0.1) is 0 Å². The summed E-state index contributed by atoms with van der Waals surface area (Å²) in [6.07, 6.45) is 1.63. The molecule has 1 aromatic rings. The summed E-state index contributed by atoms with van der Waals surface area (Å²) in [7, 11) is 0. The van der Waals surface area contributed by atoms with Gasteiger partial charge in [-0.05, 0) is 37.5 Å². The van der Waals surface area contributed by atoms with Crippen LogP contribution >= 0.6 is 23.2 Å². The lowest BCUT2D eigenvalue weighted by Crippen LogP contribution is -2.22. The summed E-state index contributed by atoms with van der Waals surface area (Å²) in [4.78, 5) is 0. The Bertz CT molecular complexity index is 418. The Kier molecular flexibility index (Phi) is 6.55. The summed E-state index contributed by atoms with van der Waals surface area (Å²) in [6.45, 7) is 4.43. The summed E-state index contributed by atoms with van der Waals surface area (Å²) in [5.74, 6) is 0.782. The number of hydrogen-bond acceptors (Lipinski definition) is 2. The van der Waals surface area contributed by atoms with Gasteiger partial charge in [0.25, 0.3) is 0 Å². The van der Waals surface area contributed by atoms with E-state index in [1.54, 1.807) is 0 Å². The van der Waals surface area contributed by atoms with Crippen molar-refractivity contribution in [3.05, 3.63) is 39.9 Å². The van der Waals surface area contributed by atoms with E-state index in [2.05, 4.69) is 6.92 Å². The van der Waals surface area contributed by atoms with E-state index in [4.69, 9.17) is 33.7 Å². The third kappa shape index (κ3) is 4.52. The highest BCUT2D eigenvalue weighted by atomic mass is 35.5. The van der Waals surface area contributed by atoms with Crippen LogP contribution < -0.4 is 10.5 Å². The van der Waals surface area contributed by atoms with Gasteiger partial charge < -0.3 is 10.5 Å². The number of ether oxygens (including phenoxy) is 1. The fraction of sp³-hybridized carbons (Fsp3) is 0.429. The van der Waals surface area contributed by atoms with Gasteiger partial charge in [-0.15, -0.1) is 0 Å². The van der Waals surface area contributed by atoms with Crippen LogP contribution in [0.4, 0.5) is 0 Å². The van der Waals surface area contributed by atoms with Crippen LogP contribution in [0.3, 0.4) is 0 Å². The molecule has 2 nitrogen and oxygen atoms in total. The van der Waals surface area contributed by atoms with Gasteiger partial charge in [0.1, 0.15) is 12.4 Å². The molecule has 0 amide bonds. The van der Waals surface area contributed by atoms with Crippen LogP contribution in [0.1, 0.15) is 25.8 Å². The number of benzene rings is 1. The largest absolute Gasteiger partial charge is 0.489 e. The van der Waals surface area contributed by atoms with Gasteiger partial charge in [0.2, 0.25) is 0 Å². The van der Waals surface area contributed by atoms with Crippen LogP contribution in [0.2, 0.25) is 5.02 Å². The van der Waals surface area contributed by atoms with Crippen molar-refractivity contribution in [2.24, 2.45) is 5.73 Å². The maximum absolute atomic E-state index is 6.20. The van der Waals surface area contributed by atoms with E-state index in [1.165, 1.54) is 5.54 Å². The molecule has 0 aliphatic heterocycles. The SMILES string of the molecule is CCC(N)Cc1c(Cl)cccc1OC/C(C)=C/Cl. The Morgan fingerprint density at radius 1 is 1.50 bits per heavy atom. The minimum Gasteiger partial charge on any atom is -0.489 e. The molecule has 0 saturated carbocycles. The average molecular weight is 288 g/mol. The maximum Gasteiger partial charge on any atom is 0.124 e. The van der Waals surface area contributed by atoms with Crippen LogP contribution in [0.15, 0.2) is 29.3 Å². The van der Waals surface area contributed by atoms with E-state index in [-0.39, 0.29) is 6.04 Å². The normalized spacial score (nSPS) is 13.5. The van der Waals surface area contributed by atoms with E-state index in [0.29, 0.717) is 11.6 Å². The van der Waals surface area contributed by atoms with E-state index in [9.17, 15) is 0 Å². The number of halogens is 2. The number of rotatable bonds is 6. The highest BCUT2D eigenvalue weighted by Gasteiger charge is 2.11. The van der Waals surface area contributed by atoms with E-state index < -0.39 is 0 Å². The first-order valence-corrected chi connectivity index (χ1v) is 6.81. The van der Waals surface area contributed by atoms with Crippen molar-refractivity contribution >= 4 is 23.2 Å². The van der Waals surface area contributed by atoms with Crippen molar-refractivity contribution < 1.29 is 4.74 Å². The molecule has 4 heteroatoms. The van der Waals surface area contributed by atoms with Gasteiger partial charge in [-0.1, -0.05) is 36.2 Å². The lowest BCUT2D eigenvalue weighted by atomic mass is 10.0. The van der Waals surface area contributed by atoms with Crippen molar-refractivity contribution in [2.75, 3.05) is 6.61 Å². The summed E-state index contributed by atoms with van der Waals surface area (Å²) < 4.78 is 5.72. The molecule has 0 aliphatic carbocycles. The Hall–Kier alpha value is -0.700. The predicted molar refractivity (Wildman–Crippen MR) is 78.5 cm³/mol. The fourth-order valence-electron chi connectivity index (χ4n) is 1.50. The monoisotopic (exact) mass is 287 g/mol. The minimum absolute atomic E-state index is 0.0944. The van der Waals surface area contributed by atoms with Crippen molar-refractivity contribution in [3.8, 4) is 5.75 Å². The first-order valence-electron chi connectivity index (χ1n) is 6.00. The minimum atomic E-state index is 0.0944. The Labute approximate surface area is 119 Å². The molecule has 18 heavy (non-hydrogen) atoms. The second-order valence-electron chi connectivity index (χ2n) is 4.33. The zero-order valence-electron chi connectivity index (χ0n) is 10.7. The molecule has 100 valence electrons. The van der Waals surface area contributed by atoms with Crippen molar-refractivity contribution in [1.29, 1.82) is 0 Å². The molecule has 0 bridgehead atoms. The highest BCUT2D eigenvalue weighted by Crippen LogP contribution is 2.28. The van der Waals surface area contributed by atoms with Gasteiger partial charge >= 0.3 is 0 Å². The molecule has 2 N–H and O–H groups in total. The Morgan fingerprint density at radius 2 is 2.22 bits per heavy atom. The van der Waals surface area contributed by atoms with Crippen LogP contribution in [0.5, 0.6) is 5.75 Å². The molecule has 0 heterocycles. The quantitative estimate of drug-likeness (QED) is 0.853. The van der Waals surface area contributed by atoms with Crippen molar-refractivity contribution in [2.45, 2.75) is 32.7 Å². The summed E-state index contributed by atoms with van der Waals surface area (Å²) in [6, 6.07) is 5.73. The van der Waals surface area contributed by atoms with Crippen LogP contribution in [-0.4, -0.2) is 12.6 Å². The van der Waals surface area contributed by atoms with Crippen LogP contribution in [-0.2, 0) is 6.42 Å². The van der Waals surface area contributed by atoms with Gasteiger partial charge in [-0.3, -0.25) is 0 Å². The summed E-state index contributed by atoms with van der Waals surface area (Å²) in [5.41, 5.74) is 9.42. The first kappa shape index (κ1) is 15.4. The molecule has 1 atom stereocenters. The molecule has 1 unspecified atom stereocenters. The predicted octanol–water partition coefficient (Wildman–Crippen LogP) is 4.14. The molecular formula is C14H19Cl2NO. The van der Waals surface area contributed by atoms with Gasteiger partial charge in [-0.2, -0.15) is 0 Å². The van der Waals surface area contributed by atoms with Gasteiger partial charge in [0, 0.05) is 22.2 Å². The topological polar surface area (TPSA) is 35.2 Å². The Balaban J connectivity index is 2.86. The average Bonchev–Trinajstić information content (AvgIpc) is 2.38.